The van der Waals surface area contributed by atoms with E-state index in [2.05, 4.69) is 28.1 Å². The van der Waals surface area contributed by atoms with Gasteiger partial charge in [0.15, 0.2) is 0 Å². The zero-order valence-electron chi connectivity index (χ0n) is 15.6. The van der Waals surface area contributed by atoms with Crippen LogP contribution in [0.4, 0.5) is 0 Å². The lowest BCUT2D eigenvalue weighted by atomic mass is 9.95. The van der Waals surface area contributed by atoms with E-state index in [-0.39, 0.29) is 23.3 Å². The Hall–Kier alpha value is -1.70. The molecule has 2 aliphatic heterocycles. The molecule has 0 saturated carbocycles. The van der Waals surface area contributed by atoms with E-state index in [0.29, 0.717) is 26.1 Å². The van der Waals surface area contributed by atoms with Gasteiger partial charge in [0.1, 0.15) is 0 Å². The standard InChI is InChI=1S/C21H23BrN2O3S/c22-19-7-9-20(10-8-19)28(26,27)24-12-3-6-18(15-24)21(25)23-13-11-16-4-1-2-5-17(16)14-23/h1-2,4-5,7-10,18H,3,6,11-15H2/t18-/m0/s1. The number of amides is 1. The molecule has 0 aliphatic carbocycles. The van der Waals surface area contributed by atoms with Crippen molar-refractivity contribution in [2.24, 2.45) is 5.92 Å². The van der Waals surface area contributed by atoms with Crippen molar-refractivity contribution in [3.05, 3.63) is 64.1 Å². The number of carbonyl (C=O) groups is 1. The highest BCUT2D eigenvalue weighted by molar-refractivity contribution is 9.10. The van der Waals surface area contributed by atoms with Gasteiger partial charge in [-0.3, -0.25) is 4.79 Å². The molecule has 1 saturated heterocycles. The van der Waals surface area contributed by atoms with Gasteiger partial charge in [-0.2, -0.15) is 4.31 Å². The minimum Gasteiger partial charge on any atom is -0.338 e. The first kappa shape index (κ1) is 19.6. The fourth-order valence-corrected chi connectivity index (χ4v) is 5.85. The van der Waals surface area contributed by atoms with Crippen molar-refractivity contribution in [2.75, 3.05) is 19.6 Å². The summed E-state index contributed by atoms with van der Waals surface area (Å²) in [5.74, 6) is -0.200. The molecule has 7 heteroatoms. The van der Waals surface area contributed by atoms with Gasteiger partial charge < -0.3 is 4.90 Å². The number of benzene rings is 2. The predicted molar refractivity (Wildman–Crippen MR) is 111 cm³/mol. The SMILES string of the molecule is O=C([C@H]1CCCN(S(=O)(=O)c2ccc(Br)cc2)C1)N1CCc2ccccc2C1. The van der Waals surface area contributed by atoms with Gasteiger partial charge in [0, 0.05) is 30.7 Å². The van der Waals surface area contributed by atoms with E-state index in [4.69, 9.17) is 0 Å². The van der Waals surface area contributed by atoms with Crippen molar-refractivity contribution < 1.29 is 13.2 Å². The molecule has 2 aromatic carbocycles. The minimum absolute atomic E-state index is 0.0743. The van der Waals surface area contributed by atoms with Crippen LogP contribution in [-0.4, -0.2) is 43.2 Å². The average molecular weight is 463 g/mol. The molecule has 1 fully saturated rings. The number of nitrogens with zero attached hydrogens (tertiary/aromatic N) is 2. The van der Waals surface area contributed by atoms with Crippen molar-refractivity contribution in [2.45, 2.75) is 30.7 Å². The van der Waals surface area contributed by atoms with Crippen LogP contribution in [-0.2, 0) is 27.8 Å². The van der Waals surface area contributed by atoms with E-state index in [9.17, 15) is 13.2 Å². The first-order chi connectivity index (χ1) is 13.4. The molecule has 148 valence electrons. The van der Waals surface area contributed by atoms with Crippen molar-refractivity contribution in [1.29, 1.82) is 0 Å². The molecule has 2 aromatic rings. The summed E-state index contributed by atoms with van der Waals surface area (Å²) in [5, 5.41) is 0. The molecule has 0 aromatic heterocycles. The van der Waals surface area contributed by atoms with Crippen LogP contribution in [0.5, 0.6) is 0 Å². The molecule has 0 bridgehead atoms. The highest BCUT2D eigenvalue weighted by atomic mass is 79.9. The van der Waals surface area contributed by atoms with E-state index < -0.39 is 10.0 Å². The molecule has 1 amide bonds. The summed E-state index contributed by atoms with van der Waals surface area (Å²) in [6, 6.07) is 14.9. The molecule has 0 unspecified atom stereocenters. The van der Waals surface area contributed by atoms with Crippen molar-refractivity contribution in [3.63, 3.8) is 0 Å². The van der Waals surface area contributed by atoms with E-state index in [1.54, 1.807) is 24.3 Å². The predicted octanol–water partition coefficient (Wildman–Crippen LogP) is 3.43. The van der Waals surface area contributed by atoms with Gasteiger partial charge in [-0.15, -0.1) is 0 Å². The fraction of sp³-hybridized carbons (Fsp3) is 0.381. The number of hydrogen-bond acceptors (Lipinski definition) is 3. The van der Waals surface area contributed by atoms with Crippen molar-refractivity contribution >= 4 is 31.9 Å². The summed E-state index contributed by atoms with van der Waals surface area (Å²) < 4.78 is 28.3. The molecule has 2 heterocycles. The van der Waals surface area contributed by atoms with Gasteiger partial charge in [-0.05, 0) is 54.7 Å². The lowest BCUT2D eigenvalue weighted by Crippen LogP contribution is -2.47. The normalized spacial score (nSPS) is 20.6. The van der Waals surface area contributed by atoms with Crippen LogP contribution in [0.3, 0.4) is 0 Å². The Bertz CT molecular complexity index is 975. The van der Waals surface area contributed by atoms with Crippen molar-refractivity contribution in [1.82, 2.24) is 9.21 Å². The number of hydrogen-bond donors (Lipinski definition) is 0. The molecule has 5 nitrogen and oxygen atoms in total. The van der Waals surface area contributed by atoms with Gasteiger partial charge in [0.25, 0.3) is 0 Å². The third kappa shape index (κ3) is 3.88. The van der Waals surface area contributed by atoms with E-state index in [1.165, 1.54) is 15.4 Å². The average Bonchev–Trinajstić information content (AvgIpc) is 2.73. The van der Waals surface area contributed by atoms with Gasteiger partial charge in [-0.25, -0.2) is 8.42 Å². The second kappa shape index (κ2) is 7.97. The van der Waals surface area contributed by atoms with Gasteiger partial charge >= 0.3 is 0 Å². The molecular weight excluding hydrogens is 440 g/mol. The lowest BCUT2D eigenvalue weighted by Gasteiger charge is -2.36. The molecule has 0 radical (unpaired) electrons. The number of sulfonamides is 1. The molecule has 1 atom stereocenters. The van der Waals surface area contributed by atoms with Crippen molar-refractivity contribution in [3.8, 4) is 0 Å². The second-order valence-electron chi connectivity index (χ2n) is 7.43. The van der Waals surface area contributed by atoms with Crippen LogP contribution in [0.2, 0.25) is 0 Å². The maximum Gasteiger partial charge on any atom is 0.243 e. The zero-order valence-corrected chi connectivity index (χ0v) is 18.0. The minimum atomic E-state index is -3.58. The first-order valence-corrected chi connectivity index (χ1v) is 11.8. The van der Waals surface area contributed by atoms with Crippen LogP contribution >= 0.6 is 15.9 Å². The number of fused-ring (bicyclic) bond motifs is 1. The summed E-state index contributed by atoms with van der Waals surface area (Å²) in [5.41, 5.74) is 2.49. The van der Waals surface area contributed by atoms with Crippen LogP contribution in [0.1, 0.15) is 24.0 Å². The monoisotopic (exact) mass is 462 g/mol. The first-order valence-electron chi connectivity index (χ1n) is 9.56. The molecule has 28 heavy (non-hydrogen) atoms. The van der Waals surface area contributed by atoms with Gasteiger partial charge in [0.2, 0.25) is 15.9 Å². The topological polar surface area (TPSA) is 57.7 Å². The molecule has 4 rings (SSSR count). The Morgan fingerprint density at radius 1 is 1.00 bits per heavy atom. The third-order valence-corrected chi connectivity index (χ3v) is 8.04. The Morgan fingerprint density at radius 2 is 1.71 bits per heavy atom. The Kier molecular flexibility index (Phi) is 5.58. The van der Waals surface area contributed by atoms with Gasteiger partial charge in [-0.1, -0.05) is 40.2 Å². The summed E-state index contributed by atoms with van der Waals surface area (Å²) in [6.45, 7) is 2.04. The fourth-order valence-electron chi connectivity index (χ4n) is 4.06. The Morgan fingerprint density at radius 3 is 2.46 bits per heavy atom. The number of piperidine rings is 1. The van der Waals surface area contributed by atoms with Crippen LogP contribution in [0.15, 0.2) is 57.9 Å². The Labute approximate surface area is 174 Å². The Balaban J connectivity index is 1.48. The van der Waals surface area contributed by atoms with Crippen LogP contribution < -0.4 is 0 Å². The third-order valence-electron chi connectivity index (χ3n) is 5.63. The van der Waals surface area contributed by atoms with Crippen LogP contribution in [0, 0.1) is 5.92 Å². The number of rotatable bonds is 3. The summed E-state index contributed by atoms with van der Waals surface area (Å²) in [4.78, 5) is 15.3. The number of halogens is 1. The molecular formula is C21H23BrN2O3S. The molecule has 0 spiro atoms. The second-order valence-corrected chi connectivity index (χ2v) is 10.3. The van der Waals surface area contributed by atoms with E-state index >= 15 is 0 Å². The van der Waals surface area contributed by atoms with Gasteiger partial charge in [0.05, 0.1) is 10.8 Å². The lowest BCUT2D eigenvalue weighted by molar-refractivity contribution is -0.137. The smallest absolute Gasteiger partial charge is 0.243 e. The maximum absolute atomic E-state index is 13.1. The van der Waals surface area contributed by atoms with E-state index in [1.807, 2.05) is 17.0 Å². The zero-order chi connectivity index (χ0) is 19.7. The molecule has 0 N–H and O–H groups in total. The highest BCUT2D eigenvalue weighted by Gasteiger charge is 2.35. The van der Waals surface area contributed by atoms with Crippen LogP contribution in [0.25, 0.3) is 0 Å². The summed E-state index contributed by atoms with van der Waals surface area (Å²) in [6.07, 6.45) is 2.30. The maximum atomic E-state index is 13.1. The number of carbonyl (C=O) groups excluding carboxylic acids is 1. The largest absolute Gasteiger partial charge is 0.338 e. The molecule has 2 aliphatic rings. The highest BCUT2D eigenvalue weighted by Crippen LogP contribution is 2.27. The quantitative estimate of drug-likeness (QED) is 0.701. The van der Waals surface area contributed by atoms with E-state index in [0.717, 1.165) is 17.3 Å². The summed E-state index contributed by atoms with van der Waals surface area (Å²) >= 11 is 3.33. The summed E-state index contributed by atoms with van der Waals surface area (Å²) in [7, 11) is -3.58.